The first-order valence-electron chi connectivity index (χ1n) is 5.65. The lowest BCUT2D eigenvalue weighted by Gasteiger charge is -2.16. The molecule has 3 N–H and O–H groups in total. The summed E-state index contributed by atoms with van der Waals surface area (Å²) in [5, 5.41) is 3.39. The van der Waals surface area contributed by atoms with Gasteiger partial charge in [0, 0.05) is 37.6 Å². The lowest BCUT2D eigenvalue weighted by atomic mass is 10.2. The van der Waals surface area contributed by atoms with Crippen LogP contribution in [0.1, 0.15) is 24.6 Å². The first-order chi connectivity index (χ1) is 7.60. The van der Waals surface area contributed by atoms with E-state index in [1.54, 1.807) is 0 Å². The maximum Gasteiger partial charge on any atom is 0.130 e. The Balaban J connectivity index is 2.80. The molecule has 0 amide bonds. The van der Waals surface area contributed by atoms with Crippen molar-refractivity contribution in [1.29, 1.82) is 0 Å². The van der Waals surface area contributed by atoms with Gasteiger partial charge in [-0.25, -0.2) is 0 Å². The fourth-order valence-electron chi connectivity index (χ4n) is 1.68. The van der Waals surface area contributed by atoms with Crippen LogP contribution in [0, 0.1) is 6.92 Å². The average Bonchev–Trinajstić information content (AvgIpc) is 2.57. The first-order valence-corrected chi connectivity index (χ1v) is 5.65. The van der Waals surface area contributed by atoms with Crippen LogP contribution in [0.5, 0.6) is 0 Å². The molecule has 0 aliphatic heterocycles. The molecule has 1 aromatic heterocycles. The van der Waals surface area contributed by atoms with Crippen LogP contribution < -0.4 is 11.1 Å². The summed E-state index contributed by atoms with van der Waals surface area (Å²) in [6.07, 6.45) is 3.00. The van der Waals surface area contributed by atoms with Crippen molar-refractivity contribution in [2.75, 3.05) is 13.6 Å². The second-order valence-electron chi connectivity index (χ2n) is 4.12. The summed E-state index contributed by atoms with van der Waals surface area (Å²) < 4.78 is 2.09. The Labute approximate surface area is 97.6 Å². The molecule has 0 saturated carbocycles. The van der Waals surface area contributed by atoms with Crippen molar-refractivity contribution in [2.45, 2.75) is 26.3 Å². The molecule has 4 heteroatoms. The van der Waals surface area contributed by atoms with Gasteiger partial charge in [-0.2, -0.15) is 0 Å². The SMILES string of the molecule is C/N=C(/NC(C)CCN)c1ccn(C)c1C. The van der Waals surface area contributed by atoms with Crippen LogP contribution in [0.25, 0.3) is 0 Å². The third kappa shape index (κ3) is 2.85. The molecule has 0 radical (unpaired) electrons. The summed E-state index contributed by atoms with van der Waals surface area (Å²) in [6.45, 7) is 4.91. The molecule has 0 aliphatic carbocycles. The van der Waals surface area contributed by atoms with E-state index in [0.717, 1.165) is 17.8 Å². The van der Waals surface area contributed by atoms with Crippen LogP contribution in [-0.4, -0.2) is 30.0 Å². The van der Waals surface area contributed by atoms with Gasteiger partial charge < -0.3 is 15.6 Å². The average molecular weight is 222 g/mol. The molecule has 90 valence electrons. The smallest absolute Gasteiger partial charge is 0.130 e. The van der Waals surface area contributed by atoms with E-state index >= 15 is 0 Å². The van der Waals surface area contributed by atoms with Gasteiger partial charge in [-0.1, -0.05) is 0 Å². The Morgan fingerprint density at radius 1 is 1.62 bits per heavy atom. The molecule has 0 spiro atoms. The third-order valence-corrected chi connectivity index (χ3v) is 2.85. The van der Waals surface area contributed by atoms with E-state index in [1.807, 2.05) is 20.3 Å². The van der Waals surface area contributed by atoms with Crippen LogP contribution in [0.3, 0.4) is 0 Å². The monoisotopic (exact) mass is 222 g/mol. The molecule has 0 bridgehead atoms. The first kappa shape index (κ1) is 12.8. The van der Waals surface area contributed by atoms with Gasteiger partial charge in [-0.15, -0.1) is 0 Å². The number of nitrogens with zero attached hydrogens (tertiary/aromatic N) is 2. The van der Waals surface area contributed by atoms with Gasteiger partial charge in [0.2, 0.25) is 0 Å². The van der Waals surface area contributed by atoms with Gasteiger partial charge in [0.1, 0.15) is 5.84 Å². The van der Waals surface area contributed by atoms with Crippen molar-refractivity contribution < 1.29 is 0 Å². The number of nitrogens with one attached hydrogen (secondary N) is 1. The van der Waals surface area contributed by atoms with Gasteiger partial charge in [0.15, 0.2) is 0 Å². The highest BCUT2D eigenvalue weighted by atomic mass is 15.0. The highest BCUT2D eigenvalue weighted by Gasteiger charge is 2.11. The van der Waals surface area contributed by atoms with Gasteiger partial charge in [0.25, 0.3) is 0 Å². The zero-order valence-corrected chi connectivity index (χ0v) is 10.6. The van der Waals surface area contributed by atoms with Crippen LogP contribution >= 0.6 is 0 Å². The summed E-state index contributed by atoms with van der Waals surface area (Å²) in [5.74, 6) is 0.944. The molecule has 0 aliphatic rings. The molecule has 1 rings (SSSR count). The zero-order chi connectivity index (χ0) is 12.1. The third-order valence-electron chi connectivity index (χ3n) is 2.85. The standard InChI is InChI=1S/C12H22N4/c1-9(5-7-13)15-12(14-3)11-6-8-16(4)10(11)2/h6,8-9H,5,7,13H2,1-4H3,(H,14,15). The summed E-state index contributed by atoms with van der Waals surface area (Å²) in [4.78, 5) is 4.31. The predicted octanol–water partition coefficient (Wildman–Crippen LogP) is 1.04. The van der Waals surface area contributed by atoms with Crippen molar-refractivity contribution in [3.05, 3.63) is 23.5 Å². The molecular formula is C12H22N4. The number of aliphatic imine (C=N–C) groups is 1. The van der Waals surface area contributed by atoms with Crippen LogP contribution in [0.2, 0.25) is 0 Å². The Hall–Kier alpha value is -1.29. The van der Waals surface area contributed by atoms with Gasteiger partial charge in [0.05, 0.1) is 0 Å². The van der Waals surface area contributed by atoms with E-state index in [9.17, 15) is 0 Å². The second-order valence-corrected chi connectivity index (χ2v) is 4.12. The maximum absolute atomic E-state index is 5.54. The van der Waals surface area contributed by atoms with E-state index in [0.29, 0.717) is 12.6 Å². The second kappa shape index (κ2) is 5.70. The topological polar surface area (TPSA) is 55.3 Å². The van der Waals surface area contributed by atoms with Gasteiger partial charge in [-0.3, -0.25) is 4.99 Å². The molecule has 1 heterocycles. The largest absolute Gasteiger partial charge is 0.367 e. The fourth-order valence-corrected chi connectivity index (χ4v) is 1.68. The van der Waals surface area contributed by atoms with Crippen LogP contribution in [0.4, 0.5) is 0 Å². The van der Waals surface area contributed by atoms with Crippen molar-refractivity contribution in [3.63, 3.8) is 0 Å². The molecule has 1 aromatic rings. The minimum Gasteiger partial charge on any atom is -0.367 e. The van der Waals surface area contributed by atoms with E-state index < -0.39 is 0 Å². The van der Waals surface area contributed by atoms with E-state index in [-0.39, 0.29) is 0 Å². The molecule has 0 saturated heterocycles. The molecule has 1 atom stereocenters. The summed E-state index contributed by atoms with van der Waals surface area (Å²) in [6, 6.07) is 2.43. The van der Waals surface area contributed by atoms with Crippen LogP contribution in [0.15, 0.2) is 17.3 Å². The minimum atomic E-state index is 0.350. The Morgan fingerprint density at radius 2 is 2.31 bits per heavy atom. The number of rotatable bonds is 4. The maximum atomic E-state index is 5.54. The van der Waals surface area contributed by atoms with Crippen molar-refractivity contribution >= 4 is 5.84 Å². The van der Waals surface area contributed by atoms with Gasteiger partial charge >= 0.3 is 0 Å². The van der Waals surface area contributed by atoms with E-state index in [1.165, 1.54) is 5.69 Å². The molecule has 4 nitrogen and oxygen atoms in total. The lowest BCUT2D eigenvalue weighted by Crippen LogP contribution is -2.35. The highest BCUT2D eigenvalue weighted by Crippen LogP contribution is 2.09. The number of aryl methyl sites for hydroxylation is 1. The molecule has 16 heavy (non-hydrogen) atoms. The summed E-state index contributed by atoms with van der Waals surface area (Å²) in [5.41, 5.74) is 7.91. The molecular weight excluding hydrogens is 200 g/mol. The van der Waals surface area contributed by atoms with Crippen molar-refractivity contribution in [3.8, 4) is 0 Å². The normalized spacial score (nSPS) is 13.9. The molecule has 0 fully saturated rings. The number of nitrogens with two attached hydrogens (primary N) is 1. The number of amidine groups is 1. The number of aromatic nitrogens is 1. The Kier molecular flexibility index (Phi) is 4.55. The number of hydrogen-bond donors (Lipinski definition) is 2. The summed E-state index contributed by atoms with van der Waals surface area (Å²) >= 11 is 0. The Morgan fingerprint density at radius 3 is 2.75 bits per heavy atom. The van der Waals surface area contributed by atoms with E-state index in [4.69, 9.17) is 5.73 Å². The van der Waals surface area contributed by atoms with Crippen LogP contribution in [-0.2, 0) is 7.05 Å². The summed E-state index contributed by atoms with van der Waals surface area (Å²) in [7, 11) is 3.85. The molecule has 0 aromatic carbocycles. The lowest BCUT2D eigenvalue weighted by molar-refractivity contribution is 0.614. The Bertz CT molecular complexity index is 365. The highest BCUT2D eigenvalue weighted by molar-refractivity contribution is 5.99. The quantitative estimate of drug-likeness (QED) is 0.590. The van der Waals surface area contributed by atoms with Gasteiger partial charge in [-0.05, 0) is 32.9 Å². The number of hydrogen-bond acceptors (Lipinski definition) is 2. The van der Waals surface area contributed by atoms with Crippen molar-refractivity contribution in [1.82, 2.24) is 9.88 Å². The fraction of sp³-hybridized carbons (Fsp3) is 0.583. The predicted molar refractivity (Wildman–Crippen MR) is 68.9 cm³/mol. The minimum absolute atomic E-state index is 0.350. The zero-order valence-electron chi connectivity index (χ0n) is 10.6. The molecule has 1 unspecified atom stereocenters. The van der Waals surface area contributed by atoms with Crippen molar-refractivity contribution in [2.24, 2.45) is 17.8 Å². The van der Waals surface area contributed by atoms with E-state index in [2.05, 4.69) is 34.8 Å².